The van der Waals surface area contributed by atoms with Crippen molar-refractivity contribution in [3.63, 3.8) is 0 Å². The van der Waals surface area contributed by atoms with Crippen LogP contribution in [0.2, 0.25) is 19.6 Å². The number of esters is 1. The normalized spacial score (nSPS) is 10.2. The van der Waals surface area contributed by atoms with E-state index in [-0.39, 0.29) is 5.97 Å². The largest absolute Gasteiger partial charge is 0.469 e. The Morgan fingerprint density at radius 1 is 1.38 bits per heavy atom. The summed E-state index contributed by atoms with van der Waals surface area (Å²) in [5, 5.41) is 0. The van der Waals surface area contributed by atoms with Gasteiger partial charge < -0.3 is 4.74 Å². The number of carbonyl (C=O) groups excluding carboxylic acids is 1. The molecule has 0 aromatic rings. The lowest BCUT2D eigenvalue weighted by molar-refractivity contribution is -0.140. The fraction of sp³-hybridized carbons (Fsp3) is 0.700. The van der Waals surface area contributed by atoms with E-state index in [4.69, 9.17) is 0 Å². The van der Waals surface area contributed by atoms with Crippen LogP contribution in [0.15, 0.2) is 0 Å². The second-order valence-electron chi connectivity index (χ2n) is 3.98. The van der Waals surface area contributed by atoms with Crippen LogP contribution in [0, 0.1) is 11.5 Å². The summed E-state index contributed by atoms with van der Waals surface area (Å²) in [6.45, 7) is 6.63. The highest BCUT2D eigenvalue weighted by Gasteiger charge is 2.06. The Hall–Kier alpha value is -0.753. The van der Waals surface area contributed by atoms with E-state index in [1.807, 2.05) is 0 Å². The first-order valence-electron chi connectivity index (χ1n) is 4.52. The molecule has 0 spiro atoms. The van der Waals surface area contributed by atoms with Gasteiger partial charge in [-0.3, -0.25) is 4.79 Å². The monoisotopic (exact) mass is 198 g/mol. The van der Waals surface area contributed by atoms with E-state index in [0.29, 0.717) is 6.42 Å². The molecule has 0 atom stereocenters. The summed E-state index contributed by atoms with van der Waals surface area (Å²) in [6.07, 6.45) is 2.10. The molecule has 0 aliphatic rings. The van der Waals surface area contributed by atoms with Crippen LogP contribution in [-0.4, -0.2) is 21.2 Å². The van der Waals surface area contributed by atoms with E-state index in [1.165, 1.54) is 7.11 Å². The summed E-state index contributed by atoms with van der Waals surface area (Å²) in [5.74, 6) is 2.97. The molecule has 0 rings (SSSR count). The highest BCUT2D eigenvalue weighted by molar-refractivity contribution is 6.83. The van der Waals surface area contributed by atoms with Gasteiger partial charge in [-0.1, -0.05) is 19.6 Å². The molecule has 0 aliphatic carbocycles. The van der Waals surface area contributed by atoms with E-state index in [9.17, 15) is 4.79 Å². The third kappa shape index (κ3) is 9.16. The third-order valence-corrected chi connectivity index (χ3v) is 2.30. The van der Waals surface area contributed by atoms with E-state index in [0.717, 1.165) is 12.8 Å². The van der Waals surface area contributed by atoms with Gasteiger partial charge in [0.05, 0.1) is 7.11 Å². The van der Waals surface area contributed by atoms with Crippen molar-refractivity contribution < 1.29 is 9.53 Å². The highest BCUT2D eigenvalue weighted by Crippen LogP contribution is 1.99. The molecule has 0 N–H and O–H groups in total. The van der Waals surface area contributed by atoms with E-state index in [1.54, 1.807) is 0 Å². The minimum absolute atomic E-state index is 0.144. The Balaban J connectivity index is 3.55. The summed E-state index contributed by atoms with van der Waals surface area (Å²) in [6, 6.07) is 0. The number of hydrogen-bond donors (Lipinski definition) is 0. The maximum Gasteiger partial charge on any atom is 0.305 e. The minimum atomic E-state index is -1.22. The van der Waals surface area contributed by atoms with Gasteiger partial charge in [-0.2, -0.15) is 0 Å². The van der Waals surface area contributed by atoms with Crippen molar-refractivity contribution in [1.82, 2.24) is 0 Å². The Bertz CT molecular complexity index is 217. The summed E-state index contributed by atoms with van der Waals surface area (Å²) in [7, 11) is 0.193. The first kappa shape index (κ1) is 12.2. The first-order valence-corrected chi connectivity index (χ1v) is 8.02. The molecule has 0 saturated carbocycles. The molecule has 0 heterocycles. The predicted molar refractivity (Wildman–Crippen MR) is 57.0 cm³/mol. The van der Waals surface area contributed by atoms with Gasteiger partial charge >= 0.3 is 5.97 Å². The van der Waals surface area contributed by atoms with Gasteiger partial charge in [-0.15, -0.1) is 11.5 Å². The van der Waals surface area contributed by atoms with Crippen LogP contribution in [0.5, 0.6) is 0 Å². The molecule has 2 nitrogen and oxygen atoms in total. The molecule has 0 amide bonds. The van der Waals surface area contributed by atoms with Crippen LogP contribution in [0.3, 0.4) is 0 Å². The first-order chi connectivity index (χ1) is 5.95. The van der Waals surface area contributed by atoms with Gasteiger partial charge in [0, 0.05) is 12.8 Å². The average Bonchev–Trinajstić information content (AvgIpc) is 2.01. The summed E-state index contributed by atoms with van der Waals surface area (Å²) in [4.78, 5) is 10.7. The molecule has 13 heavy (non-hydrogen) atoms. The van der Waals surface area contributed by atoms with Crippen molar-refractivity contribution >= 4 is 14.0 Å². The second-order valence-corrected chi connectivity index (χ2v) is 8.73. The maximum atomic E-state index is 10.7. The summed E-state index contributed by atoms with van der Waals surface area (Å²) < 4.78 is 4.52. The molecule has 0 aromatic heterocycles. The Kier molecular flexibility index (Phi) is 5.48. The number of unbranched alkanes of at least 4 members (excludes halogenated alkanes) is 1. The highest BCUT2D eigenvalue weighted by atomic mass is 28.3. The standard InChI is InChI=1S/C10H18O2Si/c1-12-10(11)8-6-5-7-9-13(2,3)4/h5-6,8H2,1-4H3. The van der Waals surface area contributed by atoms with Gasteiger partial charge in [-0.05, 0) is 6.42 Å². The fourth-order valence-electron chi connectivity index (χ4n) is 0.751. The zero-order valence-electron chi connectivity index (χ0n) is 8.94. The molecule has 0 radical (unpaired) electrons. The number of ether oxygens (including phenoxy) is 1. The summed E-state index contributed by atoms with van der Waals surface area (Å²) >= 11 is 0. The van der Waals surface area contributed by atoms with Crippen molar-refractivity contribution in [2.45, 2.75) is 38.9 Å². The Morgan fingerprint density at radius 3 is 2.46 bits per heavy atom. The van der Waals surface area contributed by atoms with E-state index >= 15 is 0 Å². The van der Waals surface area contributed by atoms with Gasteiger partial charge in [0.25, 0.3) is 0 Å². The molecule has 0 saturated heterocycles. The van der Waals surface area contributed by atoms with Crippen molar-refractivity contribution in [1.29, 1.82) is 0 Å². The van der Waals surface area contributed by atoms with Crippen molar-refractivity contribution in [3.8, 4) is 11.5 Å². The molecular formula is C10H18O2Si. The van der Waals surface area contributed by atoms with Crippen molar-refractivity contribution in [2.75, 3.05) is 7.11 Å². The Morgan fingerprint density at radius 2 is 2.00 bits per heavy atom. The van der Waals surface area contributed by atoms with Crippen LogP contribution < -0.4 is 0 Å². The number of rotatable bonds is 3. The molecular weight excluding hydrogens is 180 g/mol. The smallest absolute Gasteiger partial charge is 0.305 e. The molecule has 0 bridgehead atoms. The minimum Gasteiger partial charge on any atom is -0.469 e. The number of hydrogen-bond acceptors (Lipinski definition) is 2. The zero-order chi connectivity index (χ0) is 10.3. The van der Waals surface area contributed by atoms with Crippen molar-refractivity contribution in [3.05, 3.63) is 0 Å². The van der Waals surface area contributed by atoms with Crippen LogP contribution in [0.25, 0.3) is 0 Å². The van der Waals surface area contributed by atoms with Crippen molar-refractivity contribution in [2.24, 2.45) is 0 Å². The zero-order valence-corrected chi connectivity index (χ0v) is 9.94. The number of methoxy groups -OCH3 is 1. The molecule has 74 valence electrons. The molecule has 0 aromatic carbocycles. The average molecular weight is 198 g/mol. The van der Waals surface area contributed by atoms with Crippen LogP contribution in [0.1, 0.15) is 19.3 Å². The molecule has 0 unspecified atom stereocenters. The quantitative estimate of drug-likeness (QED) is 0.301. The van der Waals surface area contributed by atoms with Gasteiger partial charge in [0.2, 0.25) is 0 Å². The lowest BCUT2D eigenvalue weighted by Gasteiger charge is -2.03. The van der Waals surface area contributed by atoms with Gasteiger partial charge in [0.1, 0.15) is 8.07 Å². The van der Waals surface area contributed by atoms with Crippen LogP contribution in [0.4, 0.5) is 0 Å². The van der Waals surface area contributed by atoms with Gasteiger partial charge in [-0.25, -0.2) is 0 Å². The number of carbonyl (C=O) groups is 1. The third-order valence-electron chi connectivity index (χ3n) is 1.37. The topological polar surface area (TPSA) is 26.3 Å². The lowest BCUT2D eigenvalue weighted by atomic mass is 10.2. The van der Waals surface area contributed by atoms with E-state index in [2.05, 4.69) is 35.8 Å². The second kappa shape index (κ2) is 5.82. The fourth-order valence-corrected chi connectivity index (χ4v) is 1.41. The van der Waals surface area contributed by atoms with Crippen LogP contribution in [-0.2, 0) is 9.53 Å². The Labute approximate surface area is 81.7 Å². The molecule has 0 fully saturated rings. The molecule has 0 aliphatic heterocycles. The maximum absolute atomic E-state index is 10.7. The lowest BCUT2D eigenvalue weighted by Crippen LogP contribution is -2.16. The van der Waals surface area contributed by atoms with Crippen LogP contribution >= 0.6 is 0 Å². The summed E-state index contributed by atoms with van der Waals surface area (Å²) in [5.41, 5.74) is 3.25. The van der Waals surface area contributed by atoms with E-state index < -0.39 is 8.07 Å². The predicted octanol–water partition coefficient (Wildman–Crippen LogP) is 2.21. The molecule has 3 heteroatoms. The van der Waals surface area contributed by atoms with Gasteiger partial charge in [0.15, 0.2) is 0 Å². The SMILES string of the molecule is COC(=O)CCCC#C[Si](C)(C)C.